The molecule has 0 aliphatic rings. The van der Waals surface area contributed by atoms with E-state index in [4.69, 9.17) is 18.3 Å². The monoisotopic (exact) mass is 576 g/mol. The number of hydrogen-bond acceptors (Lipinski definition) is 5. The van der Waals surface area contributed by atoms with Gasteiger partial charge in [-0.25, -0.2) is 0 Å². The fourth-order valence-corrected chi connectivity index (χ4v) is 6.19. The van der Waals surface area contributed by atoms with Crippen LogP contribution >= 0.6 is 0 Å². The van der Waals surface area contributed by atoms with Gasteiger partial charge < -0.3 is 18.3 Å². The number of Topliss-reactive ketones (excluding diaryl/α,β-unsaturated/α-hetero) is 1. The summed E-state index contributed by atoms with van der Waals surface area (Å²) in [6.45, 7) is 30.6. The van der Waals surface area contributed by atoms with Crippen molar-refractivity contribution in [1.82, 2.24) is 0 Å². The molecule has 0 amide bonds. The molecule has 0 aromatic heterocycles. The molecule has 0 spiro atoms. The molecular formula is C32H56O5Si2. The second kappa shape index (κ2) is 14.4. The van der Waals surface area contributed by atoms with E-state index >= 15 is 0 Å². The molecule has 7 heteroatoms. The van der Waals surface area contributed by atoms with Gasteiger partial charge in [-0.2, -0.15) is 0 Å². The van der Waals surface area contributed by atoms with E-state index in [2.05, 4.69) is 94.2 Å². The molecule has 0 heterocycles. The number of rotatable bonds is 15. The van der Waals surface area contributed by atoms with E-state index in [0.717, 1.165) is 11.3 Å². The molecule has 0 fully saturated rings. The van der Waals surface area contributed by atoms with Crippen LogP contribution in [0.15, 0.2) is 49.1 Å². The standard InChI is InChI=1S/C32H56O5Si2/c1-15-16-29(37-39(13,14)32(7,8)9)30(33)28(35-23-26-18-20-27(34-10)21-19-26)22-17-24(2)25(3)36-38(11,12)31(4,5)6/h15,17-22,24-25,28-29H,1,16,23H2,2-14H3/b22-17-/t24-,25-,28-,29+/m1/s1. The molecule has 1 rings (SSSR count). The highest BCUT2D eigenvalue weighted by atomic mass is 28.4. The van der Waals surface area contributed by atoms with Crippen LogP contribution in [0.3, 0.4) is 0 Å². The minimum Gasteiger partial charge on any atom is -0.497 e. The minimum atomic E-state index is -2.20. The van der Waals surface area contributed by atoms with Crippen LogP contribution in [-0.4, -0.2) is 47.8 Å². The van der Waals surface area contributed by atoms with Crippen molar-refractivity contribution in [3.63, 3.8) is 0 Å². The molecule has 222 valence electrons. The summed E-state index contributed by atoms with van der Waals surface area (Å²) in [6.07, 6.45) is 4.83. The third-order valence-corrected chi connectivity index (χ3v) is 17.5. The molecule has 0 aliphatic heterocycles. The lowest BCUT2D eigenvalue weighted by atomic mass is 10.0. The van der Waals surface area contributed by atoms with E-state index in [-0.39, 0.29) is 27.9 Å². The molecule has 0 N–H and O–H groups in total. The smallest absolute Gasteiger partial charge is 0.193 e. The quantitative estimate of drug-likeness (QED) is 0.154. The van der Waals surface area contributed by atoms with Crippen molar-refractivity contribution in [2.24, 2.45) is 5.92 Å². The summed E-state index contributed by atoms with van der Waals surface area (Å²) in [5.74, 6) is 0.817. The number of methoxy groups -OCH3 is 1. The molecule has 0 saturated heterocycles. The predicted octanol–water partition coefficient (Wildman–Crippen LogP) is 8.72. The van der Waals surface area contributed by atoms with Gasteiger partial charge in [0.05, 0.1) is 13.7 Å². The molecule has 0 unspecified atom stereocenters. The average molecular weight is 577 g/mol. The number of ether oxygens (including phenoxy) is 2. The first-order valence-corrected chi connectivity index (χ1v) is 20.0. The van der Waals surface area contributed by atoms with Gasteiger partial charge in [0.1, 0.15) is 18.0 Å². The lowest BCUT2D eigenvalue weighted by Gasteiger charge is -2.39. The summed E-state index contributed by atoms with van der Waals surface area (Å²) < 4.78 is 24.7. The Balaban J connectivity index is 3.23. The molecule has 39 heavy (non-hydrogen) atoms. The maximum Gasteiger partial charge on any atom is 0.193 e. The first-order chi connectivity index (χ1) is 17.8. The van der Waals surface area contributed by atoms with Gasteiger partial charge in [-0.15, -0.1) is 6.58 Å². The van der Waals surface area contributed by atoms with Crippen LogP contribution in [0, 0.1) is 5.92 Å². The molecule has 5 nitrogen and oxygen atoms in total. The summed E-state index contributed by atoms with van der Waals surface area (Å²) in [4.78, 5) is 13.9. The van der Waals surface area contributed by atoms with Gasteiger partial charge in [0.15, 0.2) is 22.4 Å². The third kappa shape index (κ3) is 10.8. The van der Waals surface area contributed by atoms with Gasteiger partial charge in [-0.1, -0.05) is 78.8 Å². The molecule has 0 saturated carbocycles. The van der Waals surface area contributed by atoms with Crippen LogP contribution in [0.4, 0.5) is 0 Å². The second-order valence-corrected chi connectivity index (χ2v) is 23.2. The molecule has 0 aliphatic carbocycles. The summed E-state index contributed by atoms with van der Waals surface area (Å²) >= 11 is 0. The lowest BCUT2D eigenvalue weighted by molar-refractivity contribution is -0.136. The Labute approximate surface area is 241 Å². The fourth-order valence-electron chi connectivity index (χ4n) is 3.41. The highest BCUT2D eigenvalue weighted by Crippen LogP contribution is 2.39. The SMILES string of the molecule is C=CC[C@H](O[Si](C)(C)C(C)(C)C)C(=O)[C@@H](/C=C\[C@@H](C)[C@@H](C)O[Si](C)(C)C(C)(C)C)OCc1ccc(OC)cc1. The molecule has 0 bridgehead atoms. The van der Waals surface area contributed by atoms with Crippen molar-refractivity contribution in [2.45, 2.75) is 123 Å². The van der Waals surface area contributed by atoms with Gasteiger partial charge in [-0.3, -0.25) is 4.79 Å². The van der Waals surface area contributed by atoms with Crippen molar-refractivity contribution >= 4 is 22.4 Å². The zero-order valence-corrected chi connectivity index (χ0v) is 29.0. The zero-order chi connectivity index (χ0) is 30.2. The number of carbonyl (C=O) groups is 1. The van der Waals surface area contributed by atoms with Crippen molar-refractivity contribution in [3.8, 4) is 5.75 Å². The molecule has 1 aromatic rings. The highest BCUT2D eigenvalue weighted by Gasteiger charge is 2.42. The van der Waals surface area contributed by atoms with E-state index in [1.54, 1.807) is 13.2 Å². The van der Waals surface area contributed by atoms with Crippen molar-refractivity contribution in [2.75, 3.05) is 7.11 Å². The van der Waals surface area contributed by atoms with Crippen molar-refractivity contribution in [1.29, 1.82) is 0 Å². The average Bonchev–Trinajstić information content (AvgIpc) is 2.81. The van der Waals surface area contributed by atoms with E-state index in [9.17, 15) is 4.79 Å². The van der Waals surface area contributed by atoms with Crippen LogP contribution in [0.1, 0.15) is 67.4 Å². The summed E-state index contributed by atoms with van der Waals surface area (Å²) in [5.41, 5.74) is 0.968. The number of benzene rings is 1. The van der Waals surface area contributed by atoms with E-state index in [1.807, 2.05) is 30.3 Å². The maximum atomic E-state index is 13.9. The van der Waals surface area contributed by atoms with Gasteiger partial charge in [-0.05, 0) is 73.2 Å². The van der Waals surface area contributed by atoms with Crippen molar-refractivity contribution in [3.05, 3.63) is 54.6 Å². The molecule has 0 radical (unpaired) electrons. The first-order valence-electron chi connectivity index (χ1n) is 14.2. The third-order valence-electron chi connectivity index (χ3n) is 8.43. The normalized spacial score (nSPS) is 16.5. The lowest BCUT2D eigenvalue weighted by Crippen LogP contribution is -2.48. The van der Waals surface area contributed by atoms with Crippen LogP contribution in [0.2, 0.25) is 36.3 Å². The Bertz CT molecular complexity index is 939. The maximum absolute atomic E-state index is 13.9. The molecule has 1 aromatic carbocycles. The summed E-state index contributed by atoms with van der Waals surface area (Å²) in [5, 5.41) is 0.108. The number of ketones is 1. The minimum absolute atomic E-state index is 0.0203. The number of carbonyl (C=O) groups excluding carboxylic acids is 1. The zero-order valence-electron chi connectivity index (χ0n) is 27.0. The van der Waals surface area contributed by atoms with E-state index in [0.29, 0.717) is 13.0 Å². The largest absolute Gasteiger partial charge is 0.497 e. The van der Waals surface area contributed by atoms with Gasteiger partial charge in [0.25, 0.3) is 0 Å². The Morgan fingerprint density at radius 2 is 1.41 bits per heavy atom. The van der Waals surface area contributed by atoms with Crippen molar-refractivity contribution < 1.29 is 23.1 Å². The predicted molar refractivity (Wildman–Crippen MR) is 170 cm³/mol. The van der Waals surface area contributed by atoms with Gasteiger partial charge in [0.2, 0.25) is 0 Å². The highest BCUT2D eigenvalue weighted by molar-refractivity contribution is 6.74. The van der Waals surface area contributed by atoms with E-state index < -0.39 is 28.8 Å². The Morgan fingerprint density at radius 3 is 1.87 bits per heavy atom. The molecule has 4 atom stereocenters. The molecular weight excluding hydrogens is 521 g/mol. The van der Waals surface area contributed by atoms with Crippen LogP contribution in [0.5, 0.6) is 5.75 Å². The summed E-state index contributed by atoms with van der Waals surface area (Å²) in [6, 6.07) is 7.70. The Hall–Kier alpha value is -1.52. The van der Waals surface area contributed by atoms with Crippen LogP contribution < -0.4 is 4.74 Å². The Kier molecular flexibility index (Phi) is 13.1. The Morgan fingerprint density at radius 1 is 0.897 bits per heavy atom. The van der Waals surface area contributed by atoms with Gasteiger partial charge >= 0.3 is 0 Å². The number of hydrogen-bond donors (Lipinski definition) is 0. The topological polar surface area (TPSA) is 54.0 Å². The van der Waals surface area contributed by atoms with Crippen LogP contribution in [-0.2, 0) is 25.0 Å². The van der Waals surface area contributed by atoms with Gasteiger partial charge in [0, 0.05) is 6.10 Å². The first kappa shape index (κ1) is 35.5. The second-order valence-electron chi connectivity index (χ2n) is 13.7. The van der Waals surface area contributed by atoms with E-state index in [1.165, 1.54) is 0 Å². The fraction of sp³-hybridized carbons (Fsp3) is 0.656. The van der Waals surface area contributed by atoms with Crippen LogP contribution in [0.25, 0.3) is 0 Å². The summed E-state index contributed by atoms with van der Waals surface area (Å²) in [7, 11) is -2.47.